The number of aromatic nitrogens is 5. The summed E-state index contributed by atoms with van der Waals surface area (Å²) in [6.45, 7) is 0. The first kappa shape index (κ1) is 27.9. The van der Waals surface area contributed by atoms with Crippen LogP contribution in [0.4, 0.5) is 17.3 Å². The van der Waals surface area contributed by atoms with Crippen LogP contribution in [0.3, 0.4) is 0 Å². The standard InChI is InChI=1S/C45H28N6/c1-4-15-29(16-5-1)43-46-44(30-17-6-2-7-18-30)48-45(47-43)51-38-25-13-12-24-37(38)50-41-27-34-32-21-10-11-23-36(32)49(31-19-8-3-9-20-31)40(34)28-35(41)33-22-14-26-39(51)42(33)50/h1-28H. The van der Waals surface area contributed by atoms with E-state index in [9.17, 15) is 0 Å². The van der Waals surface area contributed by atoms with E-state index in [4.69, 9.17) is 15.0 Å². The van der Waals surface area contributed by atoms with E-state index < -0.39 is 0 Å². The van der Waals surface area contributed by atoms with E-state index in [0.29, 0.717) is 17.6 Å². The van der Waals surface area contributed by atoms with Crippen LogP contribution in [0.2, 0.25) is 0 Å². The Hall–Kier alpha value is -7.05. The van der Waals surface area contributed by atoms with Crippen molar-refractivity contribution in [3.63, 3.8) is 0 Å². The van der Waals surface area contributed by atoms with Crippen molar-refractivity contribution >= 4 is 60.9 Å². The zero-order valence-electron chi connectivity index (χ0n) is 27.3. The second-order valence-electron chi connectivity index (χ2n) is 12.9. The van der Waals surface area contributed by atoms with E-state index in [1.165, 1.54) is 38.1 Å². The first-order valence-electron chi connectivity index (χ1n) is 17.1. The van der Waals surface area contributed by atoms with Gasteiger partial charge in [0.1, 0.15) is 0 Å². The lowest BCUT2D eigenvalue weighted by Gasteiger charge is -2.31. The van der Waals surface area contributed by atoms with Crippen LogP contribution in [0.15, 0.2) is 170 Å². The molecule has 0 bridgehead atoms. The Morgan fingerprint density at radius 3 is 1.59 bits per heavy atom. The maximum atomic E-state index is 5.17. The van der Waals surface area contributed by atoms with Crippen LogP contribution in [-0.4, -0.2) is 24.1 Å². The first-order valence-corrected chi connectivity index (χ1v) is 17.1. The molecule has 0 spiro atoms. The van der Waals surface area contributed by atoms with Gasteiger partial charge in [0, 0.05) is 38.4 Å². The number of hydrogen-bond acceptors (Lipinski definition) is 4. The third-order valence-electron chi connectivity index (χ3n) is 10.1. The molecule has 0 atom stereocenters. The monoisotopic (exact) mass is 652 g/mol. The van der Waals surface area contributed by atoms with Gasteiger partial charge in [0.2, 0.25) is 5.95 Å². The fraction of sp³-hybridized carbons (Fsp3) is 0. The molecule has 51 heavy (non-hydrogen) atoms. The lowest BCUT2D eigenvalue weighted by molar-refractivity contribution is 1.00. The van der Waals surface area contributed by atoms with Gasteiger partial charge >= 0.3 is 0 Å². The molecule has 0 saturated heterocycles. The van der Waals surface area contributed by atoms with Gasteiger partial charge in [-0.25, -0.2) is 4.98 Å². The summed E-state index contributed by atoms with van der Waals surface area (Å²) in [5, 5.41) is 4.82. The molecule has 1 aliphatic rings. The highest BCUT2D eigenvalue weighted by Gasteiger charge is 2.31. The summed E-state index contributed by atoms with van der Waals surface area (Å²) in [6.07, 6.45) is 0. The minimum Gasteiger partial charge on any atom is -0.309 e. The van der Waals surface area contributed by atoms with Crippen LogP contribution >= 0.6 is 0 Å². The molecule has 0 fully saturated rings. The van der Waals surface area contributed by atoms with Crippen molar-refractivity contribution in [3.8, 4) is 34.2 Å². The van der Waals surface area contributed by atoms with Gasteiger partial charge in [-0.05, 0) is 48.5 Å². The zero-order chi connectivity index (χ0) is 33.5. The Balaban J connectivity index is 1.23. The number of hydrogen-bond donors (Lipinski definition) is 0. The Bertz CT molecular complexity index is 2910. The van der Waals surface area contributed by atoms with Crippen LogP contribution in [0.1, 0.15) is 0 Å². The Labute approximate surface area is 293 Å². The van der Waals surface area contributed by atoms with Crippen molar-refractivity contribution in [1.82, 2.24) is 24.1 Å². The van der Waals surface area contributed by atoms with Gasteiger partial charge < -0.3 is 9.13 Å². The first-order chi connectivity index (χ1) is 25.3. The smallest absolute Gasteiger partial charge is 0.238 e. The Morgan fingerprint density at radius 1 is 0.353 bits per heavy atom. The van der Waals surface area contributed by atoms with Crippen molar-refractivity contribution in [2.45, 2.75) is 0 Å². The van der Waals surface area contributed by atoms with Crippen LogP contribution in [-0.2, 0) is 0 Å². The minimum absolute atomic E-state index is 0.575. The van der Waals surface area contributed by atoms with E-state index in [1.54, 1.807) is 0 Å². The number of benzene rings is 7. The summed E-state index contributed by atoms with van der Waals surface area (Å²) < 4.78 is 4.81. The predicted octanol–water partition coefficient (Wildman–Crippen LogP) is 11.2. The normalized spacial score (nSPS) is 12.3. The van der Waals surface area contributed by atoms with E-state index in [-0.39, 0.29) is 0 Å². The van der Waals surface area contributed by atoms with Crippen molar-refractivity contribution in [2.75, 3.05) is 4.90 Å². The molecule has 0 N–H and O–H groups in total. The molecule has 0 unspecified atom stereocenters. The van der Waals surface area contributed by atoms with E-state index >= 15 is 0 Å². The average molecular weight is 653 g/mol. The SMILES string of the molecule is c1ccc(-c2nc(-c3ccccc3)nc(N3c4ccccc4-n4c5cc6c7ccccc7n(-c7ccccc7)c6cc5c5cccc3c54)n2)cc1. The molecule has 238 valence electrons. The van der Waals surface area contributed by atoms with Crippen LogP contribution in [0.5, 0.6) is 0 Å². The second kappa shape index (κ2) is 10.7. The van der Waals surface area contributed by atoms with E-state index in [0.717, 1.165) is 39.4 Å². The van der Waals surface area contributed by atoms with Crippen molar-refractivity contribution in [2.24, 2.45) is 0 Å². The topological polar surface area (TPSA) is 51.8 Å². The molecule has 1 aliphatic heterocycles. The number of rotatable bonds is 4. The quantitative estimate of drug-likeness (QED) is 0.190. The van der Waals surface area contributed by atoms with Crippen molar-refractivity contribution < 1.29 is 0 Å². The molecule has 0 aliphatic carbocycles. The summed E-state index contributed by atoms with van der Waals surface area (Å²) >= 11 is 0. The van der Waals surface area contributed by atoms with Crippen LogP contribution in [0.25, 0.3) is 77.8 Å². The highest BCUT2D eigenvalue weighted by molar-refractivity contribution is 6.22. The molecule has 7 aromatic carbocycles. The average Bonchev–Trinajstić information content (AvgIpc) is 3.71. The maximum Gasteiger partial charge on any atom is 0.238 e. The molecule has 4 heterocycles. The van der Waals surface area contributed by atoms with Gasteiger partial charge in [0.25, 0.3) is 0 Å². The zero-order valence-corrected chi connectivity index (χ0v) is 27.3. The molecule has 0 radical (unpaired) electrons. The lowest BCUT2D eigenvalue weighted by Crippen LogP contribution is -2.21. The largest absolute Gasteiger partial charge is 0.309 e. The third kappa shape index (κ3) is 4.07. The fourth-order valence-electron chi connectivity index (χ4n) is 7.88. The van der Waals surface area contributed by atoms with Crippen LogP contribution < -0.4 is 4.90 Å². The van der Waals surface area contributed by atoms with Gasteiger partial charge in [-0.3, -0.25) is 4.90 Å². The molecule has 6 nitrogen and oxygen atoms in total. The molecule has 11 rings (SSSR count). The molecule has 0 amide bonds. The van der Waals surface area contributed by atoms with Crippen molar-refractivity contribution in [3.05, 3.63) is 170 Å². The minimum atomic E-state index is 0.575. The molecule has 6 heteroatoms. The molecule has 3 aromatic heterocycles. The summed E-state index contributed by atoms with van der Waals surface area (Å²) in [5.74, 6) is 1.84. The number of nitrogens with zero attached hydrogens (tertiary/aromatic N) is 6. The van der Waals surface area contributed by atoms with E-state index in [1.807, 2.05) is 60.7 Å². The highest BCUT2D eigenvalue weighted by Crippen LogP contribution is 2.50. The second-order valence-corrected chi connectivity index (χ2v) is 12.9. The Kier molecular flexibility index (Phi) is 5.86. The Morgan fingerprint density at radius 2 is 0.882 bits per heavy atom. The third-order valence-corrected chi connectivity index (χ3v) is 10.1. The molecular weight excluding hydrogens is 625 g/mol. The summed E-state index contributed by atoms with van der Waals surface area (Å²) in [5.41, 5.74) is 10.8. The predicted molar refractivity (Wildman–Crippen MR) is 208 cm³/mol. The highest BCUT2D eigenvalue weighted by atomic mass is 15.3. The fourth-order valence-corrected chi connectivity index (χ4v) is 7.88. The number of para-hydroxylation sites is 5. The molecule has 0 saturated carbocycles. The van der Waals surface area contributed by atoms with Gasteiger partial charge in [0.15, 0.2) is 11.6 Å². The molecule has 10 aromatic rings. The molecular formula is C45H28N6. The van der Waals surface area contributed by atoms with Crippen molar-refractivity contribution in [1.29, 1.82) is 0 Å². The van der Waals surface area contributed by atoms with Gasteiger partial charge in [-0.15, -0.1) is 0 Å². The van der Waals surface area contributed by atoms with E-state index in [2.05, 4.69) is 123 Å². The lowest BCUT2D eigenvalue weighted by atomic mass is 10.1. The summed E-state index contributed by atoms with van der Waals surface area (Å²) in [4.78, 5) is 17.5. The number of anilines is 3. The van der Waals surface area contributed by atoms with Gasteiger partial charge in [0.05, 0.1) is 39.1 Å². The summed E-state index contributed by atoms with van der Waals surface area (Å²) in [7, 11) is 0. The van der Waals surface area contributed by atoms with Crippen LogP contribution in [0, 0.1) is 0 Å². The maximum absolute atomic E-state index is 5.17. The van der Waals surface area contributed by atoms with Gasteiger partial charge in [-0.2, -0.15) is 9.97 Å². The van der Waals surface area contributed by atoms with Gasteiger partial charge in [-0.1, -0.05) is 121 Å². The number of fused-ring (bicyclic) bond motifs is 8. The summed E-state index contributed by atoms with van der Waals surface area (Å²) in [6, 6.07) is 59.5.